The average molecular weight is 869 g/mol. The molecule has 6 heteroatoms. The van der Waals surface area contributed by atoms with Crippen LogP contribution in [0.1, 0.15) is 271 Å². The van der Waals surface area contributed by atoms with E-state index < -0.39 is 6.10 Å². The number of hydrogen-bond acceptors (Lipinski definition) is 6. The zero-order chi connectivity index (χ0) is 45.1. The maximum absolute atomic E-state index is 12.8. The number of carbonyl (C=O) groups is 3. The summed E-state index contributed by atoms with van der Waals surface area (Å²) >= 11 is 0. The van der Waals surface area contributed by atoms with E-state index in [1.165, 1.54) is 148 Å². The molecule has 6 nitrogen and oxygen atoms in total. The molecule has 0 fully saturated rings. The van der Waals surface area contributed by atoms with Crippen molar-refractivity contribution in [2.24, 2.45) is 0 Å². The van der Waals surface area contributed by atoms with Gasteiger partial charge in [0.1, 0.15) is 13.2 Å². The van der Waals surface area contributed by atoms with Crippen molar-refractivity contribution in [3.8, 4) is 0 Å². The molecule has 0 saturated heterocycles. The first-order valence-corrected chi connectivity index (χ1v) is 26.7. The number of esters is 3. The summed E-state index contributed by atoms with van der Waals surface area (Å²) in [6.45, 7) is 6.50. The predicted octanol–water partition coefficient (Wildman–Crippen LogP) is 17.5. The molecule has 0 aliphatic carbocycles. The molecule has 0 heterocycles. The molecule has 1 atom stereocenters. The number of allylic oxidation sites excluding steroid dienone is 8. The fourth-order valence-electron chi connectivity index (χ4n) is 7.61. The van der Waals surface area contributed by atoms with Gasteiger partial charge in [-0.15, -0.1) is 0 Å². The summed E-state index contributed by atoms with van der Waals surface area (Å²) in [5.74, 6) is -0.895. The third kappa shape index (κ3) is 48.4. The molecule has 1 unspecified atom stereocenters. The maximum atomic E-state index is 12.8. The Morgan fingerprint density at radius 2 is 0.645 bits per heavy atom. The molecule has 360 valence electrons. The summed E-state index contributed by atoms with van der Waals surface area (Å²) in [6, 6.07) is 0. The smallest absolute Gasteiger partial charge is 0.306 e. The number of hydrogen-bond donors (Lipinski definition) is 0. The number of rotatable bonds is 48. The Hall–Kier alpha value is -2.63. The minimum absolute atomic E-state index is 0.0797. The van der Waals surface area contributed by atoms with Crippen molar-refractivity contribution < 1.29 is 28.6 Å². The SMILES string of the molecule is CC\C=C/C=C\C=C/CCCCCCCC(=O)OCC(COC(=O)CCCCCCCCC/C=C\CCCCCCCC)OC(=O)CCCCCCCCCCCCCCCC. The lowest BCUT2D eigenvalue weighted by Crippen LogP contribution is -2.30. The third-order valence-electron chi connectivity index (χ3n) is 11.6. The molecule has 0 aliphatic rings. The van der Waals surface area contributed by atoms with Crippen LogP contribution in [0, 0.1) is 0 Å². The quantitative estimate of drug-likeness (QED) is 0.0199. The highest BCUT2D eigenvalue weighted by molar-refractivity contribution is 5.71. The summed E-state index contributed by atoms with van der Waals surface area (Å²) in [7, 11) is 0. The minimum Gasteiger partial charge on any atom is -0.462 e. The van der Waals surface area contributed by atoms with Crippen LogP contribution in [-0.4, -0.2) is 37.2 Å². The lowest BCUT2D eigenvalue weighted by Gasteiger charge is -2.18. The fourth-order valence-corrected chi connectivity index (χ4v) is 7.61. The van der Waals surface area contributed by atoms with Gasteiger partial charge in [-0.3, -0.25) is 14.4 Å². The van der Waals surface area contributed by atoms with Gasteiger partial charge in [0.05, 0.1) is 0 Å². The molecule has 0 aromatic carbocycles. The van der Waals surface area contributed by atoms with E-state index in [0.29, 0.717) is 19.3 Å². The number of carbonyl (C=O) groups excluding carboxylic acids is 3. The zero-order valence-electron chi connectivity index (χ0n) is 41.1. The van der Waals surface area contributed by atoms with Gasteiger partial charge in [-0.25, -0.2) is 0 Å². The summed E-state index contributed by atoms with van der Waals surface area (Å²) in [6.07, 6.45) is 60.9. The van der Waals surface area contributed by atoms with Gasteiger partial charge in [0.2, 0.25) is 0 Å². The highest BCUT2D eigenvalue weighted by Crippen LogP contribution is 2.16. The van der Waals surface area contributed by atoms with Crippen LogP contribution >= 0.6 is 0 Å². The zero-order valence-corrected chi connectivity index (χ0v) is 41.1. The molecule has 0 aromatic heterocycles. The van der Waals surface area contributed by atoms with E-state index in [-0.39, 0.29) is 31.1 Å². The first kappa shape index (κ1) is 59.4. The van der Waals surface area contributed by atoms with Crippen molar-refractivity contribution in [1.29, 1.82) is 0 Å². The Morgan fingerprint density at radius 1 is 0.339 bits per heavy atom. The Bertz CT molecular complexity index is 1090. The normalized spacial score (nSPS) is 12.4. The molecule has 0 saturated carbocycles. The molecule has 0 N–H and O–H groups in total. The van der Waals surface area contributed by atoms with Crippen LogP contribution in [0.15, 0.2) is 48.6 Å². The Balaban J connectivity index is 4.37. The lowest BCUT2D eigenvalue weighted by atomic mass is 10.0. The van der Waals surface area contributed by atoms with E-state index in [1.807, 2.05) is 0 Å². The summed E-state index contributed by atoms with van der Waals surface area (Å²) in [5.41, 5.74) is 0. The summed E-state index contributed by atoms with van der Waals surface area (Å²) < 4.78 is 16.8. The van der Waals surface area contributed by atoms with Crippen molar-refractivity contribution in [2.75, 3.05) is 13.2 Å². The molecular formula is C56H100O6. The monoisotopic (exact) mass is 869 g/mol. The van der Waals surface area contributed by atoms with E-state index in [4.69, 9.17) is 14.2 Å². The average Bonchev–Trinajstić information content (AvgIpc) is 3.27. The van der Waals surface area contributed by atoms with Crippen molar-refractivity contribution in [3.05, 3.63) is 48.6 Å². The molecule has 0 radical (unpaired) electrons. The second-order valence-electron chi connectivity index (χ2n) is 17.8. The highest BCUT2D eigenvalue weighted by Gasteiger charge is 2.19. The number of unbranched alkanes of at least 4 members (excludes halogenated alkanes) is 31. The van der Waals surface area contributed by atoms with Crippen LogP contribution in [0.25, 0.3) is 0 Å². The van der Waals surface area contributed by atoms with E-state index in [1.54, 1.807) is 0 Å². The van der Waals surface area contributed by atoms with Gasteiger partial charge >= 0.3 is 17.9 Å². The first-order chi connectivity index (χ1) is 30.5. The third-order valence-corrected chi connectivity index (χ3v) is 11.6. The van der Waals surface area contributed by atoms with Gasteiger partial charge in [-0.05, 0) is 64.2 Å². The second-order valence-corrected chi connectivity index (χ2v) is 17.8. The Morgan fingerprint density at radius 3 is 1.02 bits per heavy atom. The molecule has 0 spiro atoms. The van der Waals surface area contributed by atoms with Gasteiger partial charge < -0.3 is 14.2 Å². The van der Waals surface area contributed by atoms with Crippen LogP contribution in [-0.2, 0) is 28.6 Å². The molecule has 0 amide bonds. The highest BCUT2D eigenvalue weighted by atomic mass is 16.6. The van der Waals surface area contributed by atoms with Crippen LogP contribution in [0.2, 0.25) is 0 Å². The predicted molar refractivity (Wildman–Crippen MR) is 265 cm³/mol. The van der Waals surface area contributed by atoms with Crippen LogP contribution in [0.4, 0.5) is 0 Å². The van der Waals surface area contributed by atoms with E-state index in [9.17, 15) is 14.4 Å². The molecule has 0 rings (SSSR count). The van der Waals surface area contributed by atoms with Crippen molar-refractivity contribution in [3.63, 3.8) is 0 Å². The van der Waals surface area contributed by atoms with Gasteiger partial charge in [-0.2, -0.15) is 0 Å². The first-order valence-electron chi connectivity index (χ1n) is 26.7. The largest absolute Gasteiger partial charge is 0.462 e. The van der Waals surface area contributed by atoms with Crippen LogP contribution < -0.4 is 0 Å². The van der Waals surface area contributed by atoms with Gasteiger partial charge in [0.25, 0.3) is 0 Å². The molecule has 62 heavy (non-hydrogen) atoms. The minimum atomic E-state index is -0.780. The lowest BCUT2D eigenvalue weighted by molar-refractivity contribution is -0.167. The van der Waals surface area contributed by atoms with E-state index >= 15 is 0 Å². The van der Waals surface area contributed by atoms with Gasteiger partial charge in [-0.1, -0.05) is 236 Å². The van der Waals surface area contributed by atoms with Crippen molar-refractivity contribution >= 4 is 17.9 Å². The summed E-state index contributed by atoms with van der Waals surface area (Å²) in [5, 5.41) is 0. The van der Waals surface area contributed by atoms with E-state index in [0.717, 1.165) is 83.5 Å². The van der Waals surface area contributed by atoms with Gasteiger partial charge in [0.15, 0.2) is 6.10 Å². The van der Waals surface area contributed by atoms with Crippen molar-refractivity contribution in [2.45, 2.75) is 277 Å². The molecule has 0 aromatic rings. The van der Waals surface area contributed by atoms with Gasteiger partial charge in [0, 0.05) is 19.3 Å². The standard InChI is InChI=1S/C56H100O6/c1-4-7-10-13-16-19-22-25-27-28-29-32-34-37-40-43-46-49-55(58)61-52-53(51-60-54(57)48-45-42-39-36-33-30-24-21-18-15-12-9-6-3)62-56(59)50-47-44-41-38-35-31-26-23-20-17-14-11-8-5-2/h9,12,15,18,21,24-25,27,53H,4-8,10-11,13-14,16-17,19-20,22-23,26,28-52H2,1-3H3/b12-9-,18-15-,24-21-,27-25-. The molecule has 0 aliphatic heterocycles. The van der Waals surface area contributed by atoms with Crippen molar-refractivity contribution in [1.82, 2.24) is 0 Å². The fraction of sp³-hybridized carbons (Fsp3) is 0.804. The topological polar surface area (TPSA) is 78.9 Å². The molecule has 0 bridgehead atoms. The van der Waals surface area contributed by atoms with Crippen LogP contribution in [0.5, 0.6) is 0 Å². The number of ether oxygens (including phenoxy) is 3. The maximum Gasteiger partial charge on any atom is 0.306 e. The van der Waals surface area contributed by atoms with E-state index in [2.05, 4.69) is 69.4 Å². The Kier molecular flexibility index (Phi) is 48.8. The van der Waals surface area contributed by atoms with Crippen LogP contribution in [0.3, 0.4) is 0 Å². The summed E-state index contributed by atoms with van der Waals surface area (Å²) in [4.78, 5) is 38.0. The molecular weight excluding hydrogens is 769 g/mol. The second kappa shape index (κ2) is 51.0. The Labute approximate surface area is 384 Å².